The SMILES string of the molecule is CC(C)N(C(=O)C(C#N)=C(O)CCc1ccccc1)c1ccc2nc(S)sc2c1. The van der Waals surface area contributed by atoms with Gasteiger partial charge in [0, 0.05) is 18.2 Å². The third kappa shape index (κ3) is 4.78. The van der Waals surface area contributed by atoms with Crippen LogP contribution in [0.5, 0.6) is 0 Å². The molecule has 3 rings (SSSR count). The van der Waals surface area contributed by atoms with Crippen LogP contribution in [0.4, 0.5) is 5.69 Å². The van der Waals surface area contributed by atoms with Crippen LogP contribution < -0.4 is 4.90 Å². The molecule has 0 unspecified atom stereocenters. The van der Waals surface area contributed by atoms with E-state index >= 15 is 0 Å². The summed E-state index contributed by atoms with van der Waals surface area (Å²) in [5.41, 5.74) is 2.26. The van der Waals surface area contributed by atoms with Gasteiger partial charge in [-0.25, -0.2) is 4.98 Å². The summed E-state index contributed by atoms with van der Waals surface area (Å²) in [7, 11) is 0. The van der Waals surface area contributed by atoms with Gasteiger partial charge in [0.2, 0.25) is 0 Å². The van der Waals surface area contributed by atoms with E-state index in [-0.39, 0.29) is 23.8 Å². The maximum Gasteiger partial charge on any atom is 0.272 e. The zero-order valence-electron chi connectivity index (χ0n) is 16.2. The quantitative estimate of drug-likeness (QED) is 0.244. The maximum absolute atomic E-state index is 13.2. The molecule has 29 heavy (non-hydrogen) atoms. The van der Waals surface area contributed by atoms with Gasteiger partial charge in [0.1, 0.15) is 16.2 Å². The number of nitriles is 1. The maximum atomic E-state index is 13.2. The van der Waals surface area contributed by atoms with Crippen LogP contribution in [0.1, 0.15) is 25.8 Å². The van der Waals surface area contributed by atoms with Gasteiger partial charge in [0.15, 0.2) is 5.57 Å². The first kappa shape index (κ1) is 20.9. The molecule has 3 aromatic rings. The lowest BCUT2D eigenvalue weighted by Crippen LogP contribution is -2.38. The molecule has 7 heteroatoms. The summed E-state index contributed by atoms with van der Waals surface area (Å²) in [6.45, 7) is 3.74. The third-order valence-corrected chi connectivity index (χ3v) is 5.68. The van der Waals surface area contributed by atoms with Crippen molar-refractivity contribution in [3.05, 3.63) is 65.4 Å². The smallest absolute Gasteiger partial charge is 0.272 e. The topological polar surface area (TPSA) is 77.2 Å². The Bertz CT molecular complexity index is 1100. The first-order valence-corrected chi connectivity index (χ1v) is 10.5. The average Bonchev–Trinajstić information content (AvgIpc) is 3.07. The number of aryl methyl sites for hydroxylation is 1. The van der Waals surface area contributed by atoms with Gasteiger partial charge in [-0.05, 0) is 44.0 Å². The number of thiol groups is 1. The molecule has 1 heterocycles. The average molecular weight is 424 g/mol. The molecule has 0 saturated heterocycles. The number of aliphatic hydroxyl groups excluding tert-OH is 1. The summed E-state index contributed by atoms with van der Waals surface area (Å²) in [5, 5.41) is 20.1. The molecule has 0 fully saturated rings. The van der Waals surface area contributed by atoms with Gasteiger partial charge in [0.25, 0.3) is 5.91 Å². The van der Waals surface area contributed by atoms with Crippen molar-refractivity contribution < 1.29 is 9.90 Å². The fraction of sp³-hybridized carbons (Fsp3) is 0.227. The molecular formula is C22H21N3O2S2. The number of carbonyl (C=O) groups excluding carboxylic acids is 1. The zero-order chi connectivity index (χ0) is 21.0. The Hall–Kier alpha value is -2.82. The minimum Gasteiger partial charge on any atom is -0.511 e. The van der Waals surface area contributed by atoms with Crippen LogP contribution >= 0.6 is 24.0 Å². The summed E-state index contributed by atoms with van der Waals surface area (Å²) in [6.07, 6.45) is 0.770. The number of aliphatic hydroxyl groups is 1. The number of anilines is 1. The molecule has 2 aromatic carbocycles. The van der Waals surface area contributed by atoms with Gasteiger partial charge < -0.3 is 10.0 Å². The Morgan fingerprint density at radius 3 is 2.66 bits per heavy atom. The van der Waals surface area contributed by atoms with Crippen LogP contribution in [-0.4, -0.2) is 22.0 Å². The van der Waals surface area contributed by atoms with Gasteiger partial charge in [0.05, 0.1) is 10.2 Å². The minimum atomic E-state index is -0.511. The van der Waals surface area contributed by atoms with E-state index in [1.807, 2.05) is 62.4 Å². The molecule has 1 amide bonds. The van der Waals surface area contributed by atoms with E-state index in [2.05, 4.69) is 17.6 Å². The Labute approximate surface area is 179 Å². The number of aromatic nitrogens is 1. The summed E-state index contributed by atoms with van der Waals surface area (Å²) in [5.74, 6) is -0.702. The van der Waals surface area contributed by atoms with E-state index in [4.69, 9.17) is 0 Å². The van der Waals surface area contributed by atoms with Crippen molar-refractivity contribution in [3.63, 3.8) is 0 Å². The Morgan fingerprint density at radius 1 is 1.28 bits per heavy atom. The standard InChI is InChI=1S/C22H21N3O2S2/c1-14(2)25(16-9-10-18-20(12-16)29-22(28)24-18)21(27)17(13-23)19(26)11-8-15-6-4-3-5-7-15/h3-7,9-10,12,14,26H,8,11H2,1-2H3,(H,24,28). The second-order valence-corrected chi connectivity index (χ2v) is 8.59. The van der Waals surface area contributed by atoms with Gasteiger partial charge in [-0.15, -0.1) is 24.0 Å². The number of amides is 1. The predicted octanol–water partition coefficient (Wildman–Crippen LogP) is 5.29. The lowest BCUT2D eigenvalue weighted by molar-refractivity contribution is -0.115. The highest BCUT2D eigenvalue weighted by atomic mass is 32.2. The van der Waals surface area contributed by atoms with Crippen molar-refractivity contribution in [1.29, 1.82) is 5.26 Å². The van der Waals surface area contributed by atoms with Gasteiger partial charge in [-0.2, -0.15) is 5.26 Å². The van der Waals surface area contributed by atoms with E-state index in [1.54, 1.807) is 6.07 Å². The highest BCUT2D eigenvalue weighted by molar-refractivity contribution is 7.82. The first-order valence-electron chi connectivity index (χ1n) is 9.20. The molecule has 0 aliphatic carbocycles. The van der Waals surface area contributed by atoms with Gasteiger partial charge >= 0.3 is 0 Å². The van der Waals surface area contributed by atoms with Gasteiger partial charge in [-0.1, -0.05) is 30.3 Å². The van der Waals surface area contributed by atoms with Crippen molar-refractivity contribution in [2.75, 3.05) is 4.90 Å². The lowest BCUT2D eigenvalue weighted by atomic mass is 10.1. The number of hydrogen-bond donors (Lipinski definition) is 2. The molecule has 0 radical (unpaired) electrons. The summed E-state index contributed by atoms with van der Waals surface area (Å²) in [4.78, 5) is 19.0. The van der Waals surface area contributed by atoms with E-state index in [1.165, 1.54) is 16.2 Å². The number of hydrogen-bond acceptors (Lipinski definition) is 6. The van der Waals surface area contributed by atoms with Crippen molar-refractivity contribution in [2.24, 2.45) is 0 Å². The van der Waals surface area contributed by atoms with Crippen LogP contribution in [-0.2, 0) is 11.2 Å². The van der Waals surface area contributed by atoms with Crippen LogP contribution in [0.25, 0.3) is 10.2 Å². The minimum absolute atomic E-state index is 0.191. The molecule has 0 saturated carbocycles. The van der Waals surface area contributed by atoms with E-state index < -0.39 is 5.91 Å². The molecule has 5 nitrogen and oxygen atoms in total. The molecule has 148 valence electrons. The van der Waals surface area contributed by atoms with E-state index in [0.717, 1.165) is 15.8 Å². The molecule has 0 spiro atoms. The fourth-order valence-electron chi connectivity index (χ4n) is 3.09. The third-order valence-electron chi connectivity index (χ3n) is 4.48. The molecule has 0 atom stereocenters. The number of fused-ring (bicyclic) bond motifs is 1. The molecule has 1 aromatic heterocycles. The second kappa shape index (κ2) is 9.12. The first-order chi connectivity index (χ1) is 13.9. The summed E-state index contributed by atoms with van der Waals surface area (Å²) >= 11 is 5.70. The molecule has 0 aliphatic rings. The van der Waals surface area contributed by atoms with Crippen molar-refractivity contribution in [1.82, 2.24) is 4.98 Å². The van der Waals surface area contributed by atoms with Crippen LogP contribution in [0, 0.1) is 11.3 Å². The second-order valence-electron chi connectivity index (χ2n) is 6.84. The van der Waals surface area contributed by atoms with E-state index in [9.17, 15) is 15.2 Å². The highest BCUT2D eigenvalue weighted by Crippen LogP contribution is 2.30. The number of benzene rings is 2. The lowest BCUT2D eigenvalue weighted by Gasteiger charge is -2.27. The molecule has 0 aliphatic heterocycles. The monoisotopic (exact) mass is 423 g/mol. The Morgan fingerprint density at radius 2 is 2.00 bits per heavy atom. The van der Waals surface area contributed by atoms with E-state index in [0.29, 0.717) is 16.4 Å². The Balaban J connectivity index is 1.90. The largest absolute Gasteiger partial charge is 0.511 e. The number of allylic oxidation sites excluding steroid dienone is 1. The zero-order valence-corrected chi connectivity index (χ0v) is 17.9. The van der Waals surface area contributed by atoms with Crippen LogP contribution in [0.15, 0.2) is 64.2 Å². The summed E-state index contributed by atoms with van der Waals surface area (Å²) in [6, 6.07) is 16.8. The van der Waals surface area contributed by atoms with Crippen LogP contribution in [0.3, 0.4) is 0 Å². The van der Waals surface area contributed by atoms with Crippen molar-refractivity contribution >= 4 is 45.8 Å². The van der Waals surface area contributed by atoms with Crippen LogP contribution in [0.2, 0.25) is 0 Å². The highest BCUT2D eigenvalue weighted by Gasteiger charge is 2.26. The summed E-state index contributed by atoms with van der Waals surface area (Å²) < 4.78 is 1.55. The molecule has 0 bridgehead atoms. The normalized spacial score (nSPS) is 12.0. The van der Waals surface area contributed by atoms with Crippen molar-refractivity contribution in [3.8, 4) is 6.07 Å². The Kier molecular flexibility index (Phi) is 6.57. The number of nitrogens with zero attached hydrogens (tertiary/aromatic N) is 3. The number of thiazole rings is 1. The number of carbonyl (C=O) groups is 1. The van der Waals surface area contributed by atoms with Gasteiger partial charge in [-0.3, -0.25) is 4.79 Å². The van der Waals surface area contributed by atoms with Crippen molar-refractivity contribution in [2.45, 2.75) is 37.1 Å². The predicted molar refractivity (Wildman–Crippen MR) is 120 cm³/mol. The molecular weight excluding hydrogens is 402 g/mol. The molecule has 1 N–H and O–H groups in total. The fourth-order valence-corrected chi connectivity index (χ4v) is 4.23. The number of rotatable bonds is 6.